The molecule has 0 amide bonds. The highest BCUT2D eigenvalue weighted by atomic mass is 16.8. The van der Waals surface area contributed by atoms with Crippen molar-refractivity contribution in [3.8, 4) is 23.0 Å². The van der Waals surface area contributed by atoms with Crippen LogP contribution in [0.25, 0.3) is 0 Å². The minimum Gasteiger partial charge on any atom is -0.508 e. The topological polar surface area (TPSA) is 304 Å². The summed E-state index contributed by atoms with van der Waals surface area (Å²) in [5, 5.41) is 114. The fraction of sp³-hybridized carbons (Fsp3) is 0.606. The maximum Gasteiger partial charge on any atom is 0.229 e. The number of rotatable bonds is 8. The molecule has 4 heterocycles. The van der Waals surface area contributed by atoms with Crippen LogP contribution in [0.4, 0.5) is 0 Å². The number of aliphatic hydroxyl groups excluding tert-OH is 9. The molecule has 17 atom stereocenters. The van der Waals surface area contributed by atoms with Crippen molar-refractivity contribution in [3.05, 3.63) is 47.5 Å². The lowest BCUT2D eigenvalue weighted by molar-refractivity contribution is -0.369. The molecule has 0 aromatic heterocycles. The van der Waals surface area contributed by atoms with Crippen LogP contribution in [0.2, 0.25) is 0 Å². The highest BCUT2D eigenvalue weighted by Gasteiger charge is 2.53. The summed E-state index contributed by atoms with van der Waals surface area (Å²) < 4.78 is 40.4. The Kier molecular flexibility index (Phi) is 11.3. The lowest BCUT2D eigenvalue weighted by Crippen LogP contribution is -2.64. The summed E-state index contributed by atoms with van der Waals surface area (Å²) >= 11 is 0. The van der Waals surface area contributed by atoms with E-state index in [0.717, 1.165) is 6.07 Å². The van der Waals surface area contributed by atoms with E-state index >= 15 is 0 Å². The van der Waals surface area contributed by atoms with E-state index in [4.69, 9.17) is 33.2 Å². The van der Waals surface area contributed by atoms with E-state index in [0.29, 0.717) is 0 Å². The van der Waals surface area contributed by atoms with Gasteiger partial charge in [-0.2, -0.15) is 0 Å². The van der Waals surface area contributed by atoms with E-state index in [1.165, 1.54) is 44.2 Å². The Labute approximate surface area is 295 Å². The summed E-state index contributed by atoms with van der Waals surface area (Å²) in [5.41, 5.74) is -0.167. The summed E-state index contributed by atoms with van der Waals surface area (Å²) in [6.45, 7) is 2.00. The van der Waals surface area contributed by atoms with Gasteiger partial charge in [0.25, 0.3) is 0 Å². The first kappa shape index (κ1) is 38.5. The highest BCUT2D eigenvalue weighted by molar-refractivity contribution is 6.05. The van der Waals surface area contributed by atoms with Crippen molar-refractivity contribution in [2.45, 2.75) is 118 Å². The second-order valence-corrected chi connectivity index (χ2v) is 13.2. The van der Waals surface area contributed by atoms with Crippen molar-refractivity contribution < 1.29 is 94.1 Å². The van der Waals surface area contributed by atoms with Gasteiger partial charge in [-0.05, 0) is 31.5 Å². The molecule has 4 aliphatic rings. The third-order valence-corrected chi connectivity index (χ3v) is 9.58. The molecule has 3 saturated heterocycles. The van der Waals surface area contributed by atoms with Crippen LogP contribution in [0.1, 0.15) is 35.9 Å². The van der Waals surface area contributed by atoms with Gasteiger partial charge in [-0.25, -0.2) is 0 Å². The Morgan fingerprint density at radius 1 is 0.673 bits per heavy atom. The highest BCUT2D eigenvalue weighted by Crippen LogP contribution is 2.45. The predicted molar refractivity (Wildman–Crippen MR) is 167 cm³/mol. The van der Waals surface area contributed by atoms with Gasteiger partial charge in [-0.1, -0.05) is 12.1 Å². The average Bonchev–Trinajstić information content (AvgIpc) is 3.11. The van der Waals surface area contributed by atoms with Crippen LogP contribution >= 0.6 is 0 Å². The lowest BCUT2D eigenvalue weighted by atomic mass is 9.92. The number of aromatic hydroxyl groups is 2. The van der Waals surface area contributed by atoms with Gasteiger partial charge in [0.15, 0.2) is 24.8 Å². The van der Waals surface area contributed by atoms with Gasteiger partial charge in [-0.15, -0.1) is 0 Å². The molecule has 0 spiro atoms. The minimum absolute atomic E-state index is 0.135. The van der Waals surface area contributed by atoms with Crippen molar-refractivity contribution in [2.24, 2.45) is 0 Å². The average molecular weight is 743 g/mol. The largest absolute Gasteiger partial charge is 0.508 e. The maximum absolute atomic E-state index is 14.2. The van der Waals surface area contributed by atoms with Crippen molar-refractivity contribution in [1.82, 2.24) is 0 Å². The number of ketones is 1. The van der Waals surface area contributed by atoms with Gasteiger partial charge >= 0.3 is 0 Å². The van der Waals surface area contributed by atoms with Crippen molar-refractivity contribution in [2.75, 3.05) is 6.61 Å². The summed E-state index contributed by atoms with van der Waals surface area (Å²) in [4.78, 5) is 14.2. The standard InChI is InChI=1S/C33H42O19/c1-10-19(37)23(41)26(44)31(46-10)48-14-7-15(36)18-16(8-14)49-28(12-3-5-13(35)6-4-12)29(22(18)40)51-33-30(25(43)21(39)17(9-34)50-33)52-32-27(45)24(42)20(38)11(2)47-32/h3-8,10-11,17,19-21,23-39,41-45H,9H2,1-2H3. The third-order valence-electron chi connectivity index (χ3n) is 9.58. The minimum atomic E-state index is -1.90. The zero-order valence-corrected chi connectivity index (χ0v) is 27.7. The molecular formula is C33H42O19. The molecule has 2 aromatic carbocycles. The number of ether oxygens (including phenoxy) is 7. The molecular weight excluding hydrogens is 700 g/mol. The first-order valence-electron chi connectivity index (χ1n) is 16.5. The fourth-order valence-corrected chi connectivity index (χ4v) is 6.48. The van der Waals surface area contributed by atoms with Crippen molar-refractivity contribution >= 4 is 5.78 Å². The van der Waals surface area contributed by atoms with Crippen LogP contribution in [0.5, 0.6) is 23.0 Å². The molecule has 4 aliphatic heterocycles. The van der Waals surface area contributed by atoms with E-state index in [2.05, 4.69) is 0 Å². The summed E-state index contributed by atoms with van der Waals surface area (Å²) in [5.74, 6) is -2.14. The second kappa shape index (κ2) is 15.2. The number of carbonyl (C=O) groups excluding carboxylic acids is 1. The Bertz CT molecular complexity index is 1560. The monoisotopic (exact) mass is 742 g/mol. The van der Waals surface area contributed by atoms with Gasteiger partial charge in [0, 0.05) is 12.1 Å². The van der Waals surface area contributed by atoms with Crippen LogP contribution in [0.15, 0.2) is 36.4 Å². The first-order valence-corrected chi connectivity index (χ1v) is 16.5. The van der Waals surface area contributed by atoms with E-state index in [1.54, 1.807) is 0 Å². The van der Waals surface area contributed by atoms with Crippen LogP contribution in [-0.4, -0.2) is 167 Å². The smallest absolute Gasteiger partial charge is 0.229 e. The maximum atomic E-state index is 14.2. The summed E-state index contributed by atoms with van der Waals surface area (Å²) in [6, 6.07) is 7.60. The SMILES string of the molecule is CC1OC(Oc2cc(O)c3c(c2)OC(c2ccc(O)cc2)C(OC2OC(CO)C(O)C(O)C2OC2OC(C)C(O)C(O)C2O)C3=O)C(O)C(O)C1O. The predicted octanol–water partition coefficient (Wildman–Crippen LogP) is -3.34. The van der Waals surface area contributed by atoms with E-state index in [1.807, 2.05) is 0 Å². The number of aliphatic hydroxyl groups is 9. The zero-order valence-electron chi connectivity index (χ0n) is 27.7. The van der Waals surface area contributed by atoms with Gasteiger partial charge in [-0.3, -0.25) is 4.79 Å². The molecule has 0 aliphatic carbocycles. The zero-order chi connectivity index (χ0) is 37.8. The summed E-state index contributed by atoms with van der Waals surface area (Å²) in [6.07, 6.45) is -26.9. The molecule has 2 aromatic rings. The van der Waals surface area contributed by atoms with Crippen molar-refractivity contribution in [1.29, 1.82) is 0 Å². The molecule has 0 radical (unpaired) electrons. The third kappa shape index (κ3) is 7.18. The number of carbonyl (C=O) groups is 1. The number of phenolic OH excluding ortho intramolecular Hbond substituents is 2. The number of Topliss-reactive ketones (excluding diaryl/α,β-unsaturated/α-hetero) is 1. The Morgan fingerprint density at radius 2 is 1.27 bits per heavy atom. The van der Waals surface area contributed by atoms with Crippen LogP contribution in [0, 0.1) is 0 Å². The molecule has 6 rings (SSSR count). The Morgan fingerprint density at radius 3 is 1.88 bits per heavy atom. The normalized spacial score (nSPS) is 42.3. The first-order chi connectivity index (χ1) is 24.6. The quantitative estimate of drug-likeness (QED) is 0.126. The van der Waals surface area contributed by atoms with Crippen molar-refractivity contribution in [3.63, 3.8) is 0 Å². The van der Waals surface area contributed by atoms with E-state index in [9.17, 15) is 61.0 Å². The van der Waals surface area contributed by atoms with Gasteiger partial charge in [0.2, 0.25) is 12.1 Å². The van der Waals surface area contributed by atoms with Crippen LogP contribution < -0.4 is 9.47 Å². The number of hydrogen-bond donors (Lipinski definition) is 11. The van der Waals surface area contributed by atoms with E-state index < -0.39 is 128 Å². The van der Waals surface area contributed by atoms with Crippen LogP contribution in [-0.2, 0) is 23.7 Å². The number of phenols is 2. The van der Waals surface area contributed by atoms with Gasteiger partial charge < -0.3 is 89.3 Å². The van der Waals surface area contributed by atoms with Crippen LogP contribution in [0.3, 0.4) is 0 Å². The Hall–Kier alpha value is -3.25. The molecule has 52 heavy (non-hydrogen) atoms. The fourth-order valence-electron chi connectivity index (χ4n) is 6.48. The van der Waals surface area contributed by atoms with Gasteiger partial charge in [0.05, 0.1) is 18.8 Å². The molecule has 17 unspecified atom stereocenters. The molecule has 0 bridgehead atoms. The molecule has 288 valence electrons. The number of benzene rings is 2. The lowest BCUT2D eigenvalue weighted by Gasteiger charge is -2.46. The molecule has 11 N–H and O–H groups in total. The van der Waals surface area contributed by atoms with E-state index in [-0.39, 0.29) is 22.8 Å². The molecule has 0 saturated carbocycles. The molecule has 3 fully saturated rings. The number of fused-ring (bicyclic) bond motifs is 1. The molecule has 19 heteroatoms. The second-order valence-electron chi connectivity index (χ2n) is 13.2. The summed E-state index contributed by atoms with van der Waals surface area (Å²) in [7, 11) is 0. The number of hydrogen-bond acceptors (Lipinski definition) is 19. The molecule has 19 nitrogen and oxygen atoms in total. The Balaban J connectivity index is 1.33. The van der Waals surface area contributed by atoms with Gasteiger partial charge in [0.1, 0.15) is 89.6 Å².